The van der Waals surface area contributed by atoms with Crippen LogP contribution < -0.4 is 10.5 Å². The number of likely N-dealkylation sites (tertiary alicyclic amines) is 1. The number of guanidine groups is 1. The molecule has 0 bridgehead atoms. The second-order valence-corrected chi connectivity index (χ2v) is 7.67. The second kappa shape index (κ2) is 9.51. The van der Waals surface area contributed by atoms with Crippen molar-refractivity contribution in [2.45, 2.75) is 18.4 Å². The molecule has 0 amide bonds. The van der Waals surface area contributed by atoms with Crippen LogP contribution in [0.1, 0.15) is 12.5 Å². The molecule has 1 aromatic rings. The first-order valence-electron chi connectivity index (χ1n) is 7.91. The molecule has 2 rings (SSSR count). The quantitative estimate of drug-likeness (QED) is 0.276. The molecule has 10 heteroatoms. The first-order chi connectivity index (χ1) is 11.8. The Labute approximate surface area is 171 Å². The minimum atomic E-state index is -3.73. The molecule has 1 fully saturated rings. The summed E-state index contributed by atoms with van der Waals surface area (Å²) < 4.78 is 27.7. The maximum atomic E-state index is 11.8. The standard InChI is InChI=1S/C16H24N4O4S.HI/c1-11-9-20(10-14(11)15(21)24-3)16(18-2)19-8-12-5-4-6-13(7-12)25(17,22)23;/h4-7,11,14H,8-10H2,1-3H3,(H,18,19)(H2,17,22,23);1H. The zero-order chi connectivity index (χ0) is 18.6. The third kappa shape index (κ3) is 5.55. The van der Waals surface area contributed by atoms with Crippen molar-refractivity contribution in [3.8, 4) is 0 Å². The number of methoxy groups -OCH3 is 1. The number of nitrogens with one attached hydrogen (secondary N) is 1. The highest BCUT2D eigenvalue weighted by Crippen LogP contribution is 2.24. The van der Waals surface area contributed by atoms with Gasteiger partial charge in [-0.05, 0) is 23.6 Å². The summed E-state index contributed by atoms with van der Waals surface area (Å²) in [6, 6.07) is 6.43. The number of carbonyl (C=O) groups excluding carboxylic acids is 1. The van der Waals surface area contributed by atoms with Gasteiger partial charge in [-0.1, -0.05) is 19.1 Å². The van der Waals surface area contributed by atoms with Crippen LogP contribution in [0.5, 0.6) is 0 Å². The number of sulfonamides is 1. The fourth-order valence-electron chi connectivity index (χ4n) is 2.94. The molecule has 0 radical (unpaired) electrons. The maximum Gasteiger partial charge on any atom is 0.310 e. The van der Waals surface area contributed by atoms with Crippen LogP contribution in [0.15, 0.2) is 34.2 Å². The smallest absolute Gasteiger partial charge is 0.310 e. The van der Waals surface area contributed by atoms with Gasteiger partial charge in [-0.2, -0.15) is 0 Å². The Kier molecular flexibility index (Phi) is 8.28. The molecule has 3 N–H and O–H groups in total. The Balaban J connectivity index is 0.00000338. The van der Waals surface area contributed by atoms with Crippen LogP contribution >= 0.6 is 24.0 Å². The van der Waals surface area contributed by atoms with Crippen molar-refractivity contribution in [1.82, 2.24) is 10.2 Å². The lowest BCUT2D eigenvalue weighted by molar-refractivity contribution is -0.145. The number of hydrogen-bond acceptors (Lipinski definition) is 5. The molecular weight excluding hydrogens is 471 g/mol. The van der Waals surface area contributed by atoms with E-state index in [0.29, 0.717) is 25.6 Å². The molecule has 0 aliphatic carbocycles. The van der Waals surface area contributed by atoms with Crippen LogP contribution in [-0.4, -0.2) is 52.5 Å². The van der Waals surface area contributed by atoms with Crippen molar-refractivity contribution in [3.05, 3.63) is 29.8 Å². The van der Waals surface area contributed by atoms with Gasteiger partial charge >= 0.3 is 5.97 Å². The molecule has 1 aliphatic heterocycles. The molecule has 0 saturated carbocycles. The van der Waals surface area contributed by atoms with Crippen LogP contribution in [0.3, 0.4) is 0 Å². The molecular formula is C16H25IN4O4S. The number of benzene rings is 1. The number of hydrogen-bond donors (Lipinski definition) is 2. The first-order valence-corrected chi connectivity index (χ1v) is 9.46. The lowest BCUT2D eigenvalue weighted by Gasteiger charge is -2.21. The van der Waals surface area contributed by atoms with Gasteiger partial charge in [0.1, 0.15) is 0 Å². The van der Waals surface area contributed by atoms with E-state index in [0.717, 1.165) is 5.56 Å². The first kappa shape index (κ1) is 22.6. The van der Waals surface area contributed by atoms with Crippen LogP contribution in [-0.2, 0) is 26.1 Å². The Morgan fingerprint density at radius 3 is 2.69 bits per heavy atom. The zero-order valence-corrected chi connectivity index (χ0v) is 18.2. The second-order valence-electron chi connectivity index (χ2n) is 6.11. The Bertz CT molecular complexity index is 769. The van der Waals surface area contributed by atoms with Crippen molar-refractivity contribution in [3.63, 3.8) is 0 Å². The normalized spacial score (nSPS) is 20.5. The van der Waals surface area contributed by atoms with E-state index < -0.39 is 10.0 Å². The van der Waals surface area contributed by atoms with Crippen molar-refractivity contribution < 1.29 is 17.9 Å². The van der Waals surface area contributed by atoms with Gasteiger partial charge in [0.2, 0.25) is 10.0 Å². The molecule has 26 heavy (non-hydrogen) atoms. The molecule has 1 aromatic carbocycles. The summed E-state index contributed by atoms with van der Waals surface area (Å²) in [6.07, 6.45) is 0. The predicted octanol–water partition coefficient (Wildman–Crippen LogP) is 0.768. The largest absolute Gasteiger partial charge is 0.469 e. The molecule has 1 heterocycles. The van der Waals surface area contributed by atoms with E-state index in [1.165, 1.54) is 19.2 Å². The highest BCUT2D eigenvalue weighted by Gasteiger charge is 2.36. The number of nitrogens with zero attached hydrogens (tertiary/aromatic N) is 2. The van der Waals surface area contributed by atoms with E-state index in [4.69, 9.17) is 9.88 Å². The SMILES string of the molecule is CN=C(NCc1cccc(S(N)(=O)=O)c1)N1CC(C)C(C(=O)OC)C1.I. The molecule has 0 aromatic heterocycles. The minimum absolute atomic E-state index is 0. The number of rotatable bonds is 4. The fraction of sp³-hybridized carbons (Fsp3) is 0.500. The number of halogens is 1. The van der Waals surface area contributed by atoms with Gasteiger partial charge in [-0.15, -0.1) is 24.0 Å². The van der Waals surface area contributed by atoms with Gasteiger partial charge in [0.25, 0.3) is 0 Å². The predicted molar refractivity (Wildman–Crippen MR) is 110 cm³/mol. The van der Waals surface area contributed by atoms with Crippen LogP contribution in [0.25, 0.3) is 0 Å². The molecule has 8 nitrogen and oxygen atoms in total. The average Bonchev–Trinajstić information content (AvgIpc) is 2.96. The molecule has 1 saturated heterocycles. The van der Waals surface area contributed by atoms with Gasteiger partial charge < -0.3 is 15.0 Å². The van der Waals surface area contributed by atoms with Crippen LogP contribution in [0.4, 0.5) is 0 Å². The van der Waals surface area contributed by atoms with E-state index in [9.17, 15) is 13.2 Å². The van der Waals surface area contributed by atoms with Crippen molar-refractivity contribution >= 4 is 45.9 Å². The summed E-state index contributed by atoms with van der Waals surface area (Å²) in [5.74, 6) is 0.413. The molecule has 2 atom stereocenters. The zero-order valence-electron chi connectivity index (χ0n) is 15.0. The highest BCUT2D eigenvalue weighted by atomic mass is 127. The fourth-order valence-corrected chi connectivity index (χ4v) is 3.53. The van der Waals surface area contributed by atoms with Gasteiger partial charge in [0.15, 0.2) is 5.96 Å². The summed E-state index contributed by atoms with van der Waals surface area (Å²) in [7, 11) is -0.674. The van der Waals surface area contributed by atoms with E-state index in [-0.39, 0.29) is 46.7 Å². The van der Waals surface area contributed by atoms with E-state index >= 15 is 0 Å². The minimum Gasteiger partial charge on any atom is -0.469 e. The van der Waals surface area contributed by atoms with Crippen molar-refractivity contribution in [1.29, 1.82) is 0 Å². The maximum absolute atomic E-state index is 11.8. The summed E-state index contributed by atoms with van der Waals surface area (Å²) in [6.45, 7) is 3.62. The van der Waals surface area contributed by atoms with Gasteiger partial charge in [-0.3, -0.25) is 9.79 Å². The Morgan fingerprint density at radius 1 is 1.42 bits per heavy atom. The summed E-state index contributed by atoms with van der Waals surface area (Å²) >= 11 is 0. The number of aliphatic imine (C=N–C) groups is 1. The Morgan fingerprint density at radius 2 is 2.12 bits per heavy atom. The van der Waals surface area contributed by atoms with E-state index in [1.54, 1.807) is 19.2 Å². The van der Waals surface area contributed by atoms with E-state index in [2.05, 4.69) is 10.3 Å². The third-order valence-electron chi connectivity index (χ3n) is 4.31. The Hall–Kier alpha value is -1.40. The summed E-state index contributed by atoms with van der Waals surface area (Å²) in [5.41, 5.74) is 0.768. The van der Waals surface area contributed by atoms with Gasteiger partial charge in [0, 0.05) is 26.7 Å². The van der Waals surface area contributed by atoms with Gasteiger partial charge in [0.05, 0.1) is 17.9 Å². The lowest BCUT2D eigenvalue weighted by Crippen LogP contribution is -2.40. The molecule has 2 unspecified atom stereocenters. The van der Waals surface area contributed by atoms with Crippen LogP contribution in [0, 0.1) is 11.8 Å². The number of esters is 1. The van der Waals surface area contributed by atoms with E-state index in [1.807, 2.05) is 11.8 Å². The highest BCUT2D eigenvalue weighted by molar-refractivity contribution is 14.0. The van der Waals surface area contributed by atoms with Crippen molar-refractivity contribution in [2.75, 3.05) is 27.2 Å². The lowest BCUT2D eigenvalue weighted by atomic mass is 9.99. The molecule has 0 spiro atoms. The number of carbonyl (C=O) groups is 1. The molecule has 146 valence electrons. The van der Waals surface area contributed by atoms with Crippen molar-refractivity contribution in [2.24, 2.45) is 22.0 Å². The number of primary sulfonamides is 1. The average molecular weight is 496 g/mol. The monoisotopic (exact) mass is 496 g/mol. The number of ether oxygens (including phenoxy) is 1. The van der Waals surface area contributed by atoms with Gasteiger partial charge in [-0.25, -0.2) is 13.6 Å². The number of nitrogens with two attached hydrogens (primary N) is 1. The third-order valence-corrected chi connectivity index (χ3v) is 5.22. The summed E-state index contributed by atoms with van der Waals surface area (Å²) in [4.78, 5) is 18.1. The molecule has 1 aliphatic rings. The summed E-state index contributed by atoms with van der Waals surface area (Å²) in [5, 5.41) is 8.35. The topological polar surface area (TPSA) is 114 Å². The van der Waals surface area contributed by atoms with Crippen LogP contribution in [0.2, 0.25) is 0 Å².